The molecule has 7 heteroatoms. The van der Waals surface area contributed by atoms with Crippen LogP contribution in [0.2, 0.25) is 0 Å². The average Bonchev–Trinajstić information content (AvgIpc) is 2.92. The van der Waals surface area contributed by atoms with E-state index in [0.717, 1.165) is 19.3 Å². The van der Waals surface area contributed by atoms with Crippen molar-refractivity contribution in [3.8, 4) is 17.1 Å². The van der Waals surface area contributed by atoms with Gasteiger partial charge in [0.15, 0.2) is 0 Å². The van der Waals surface area contributed by atoms with E-state index in [4.69, 9.17) is 14.3 Å². The first-order valence-corrected chi connectivity index (χ1v) is 6.08. The van der Waals surface area contributed by atoms with Gasteiger partial charge in [-0.25, -0.2) is 4.79 Å². The van der Waals surface area contributed by atoms with Crippen LogP contribution in [0, 0.1) is 0 Å². The molecule has 0 atom stereocenters. The van der Waals surface area contributed by atoms with Crippen molar-refractivity contribution >= 4 is 12.0 Å². The molecule has 0 amide bonds. The summed E-state index contributed by atoms with van der Waals surface area (Å²) in [6, 6.07) is 6.48. The van der Waals surface area contributed by atoms with Gasteiger partial charge in [0, 0.05) is 6.08 Å². The number of methoxy groups -OCH3 is 1. The number of carbonyl (C=O) groups is 1. The Kier molecular flexibility index (Phi) is 4.25. The SMILES string of the molecule is COc1c(-c2ccc(C=CC(=O)O)o2)cccc1C(F)(F)F. The highest BCUT2D eigenvalue weighted by Crippen LogP contribution is 2.42. The molecule has 0 spiro atoms. The third-order valence-corrected chi connectivity index (χ3v) is 2.81. The van der Waals surface area contributed by atoms with E-state index in [0.29, 0.717) is 0 Å². The first-order chi connectivity index (χ1) is 10.3. The van der Waals surface area contributed by atoms with Gasteiger partial charge in [0.2, 0.25) is 0 Å². The van der Waals surface area contributed by atoms with Crippen LogP contribution in [0.25, 0.3) is 17.4 Å². The highest BCUT2D eigenvalue weighted by atomic mass is 19.4. The Morgan fingerprint density at radius 1 is 1.27 bits per heavy atom. The van der Waals surface area contributed by atoms with Gasteiger partial charge in [-0.15, -0.1) is 0 Å². The van der Waals surface area contributed by atoms with Gasteiger partial charge < -0.3 is 14.3 Å². The minimum atomic E-state index is -4.56. The highest BCUT2D eigenvalue weighted by molar-refractivity contribution is 5.85. The second kappa shape index (κ2) is 5.97. The Labute approximate surface area is 123 Å². The van der Waals surface area contributed by atoms with Gasteiger partial charge in [-0.2, -0.15) is 13.2 Å². The summed E-state index contributed by atoms with van der Waals surface area (Å²) in [6.45, 7) is 0. The topological polar surface area (TPSA) is 59.7 Å². The van der Waals surface area contributed by atoms with Crippen LogP contribution in [-0.4, -0.2) is 18.2 Å². The summed E-state index contributed by atoms with van der Waals surface area (Å²) in [5, 5.41) is 8.53. The lowest BCUT2D eigenvalue weighted by atomic mass is 10.1. The van der Waals surface area contributed by atoms with E-state index in [-0.39, 0.29) is 22.8 Å². The molecule has 0 bridgehead atoms. The third kappa shape index (κ3) is 3.30. The number of ether oxygens (including phenoxy) is 1. The summed E-state index contributed by atoms with van der Waals surface area (Å²) in [5.41, 5.74) is -0.779. The quantitative estimate of drug-likeness (QED) is 0.865. The van der Waals surface area contributed by atoms with Crippen LogP contribution in [0.5, 0.6) is 5.75 Å². The predicted molar refractivity (Wildman–Crippen MR) is 72.4 cm³/mol. The van der Waals surface area contributed by atoms with Crippen LogP contribution < -0.4 is 4.74 Å². The fourth-order valence-electron chi connectivity index (χ4n) is 1.91. The fourth-order valence-corrected chi connectivity index (χ4v) is 1.91. The van der Waals surface area contributed by atoms with Gasteiger partial charge >= 0.3 is 12.1 Å². The van der Waals surface area contributed by atoms with Crippen molar-refractivity contribution in [3.63, 3.8) is 0 Å². The van der Waals surface area contributed by atoms with E-state index in [1.807, 2.05) is 0 Å². The fraction of sp³-hybridized carbons (Fsp3) is 0.133. The molecular weight excluding hydrogens is 301 g/mol. The standard InChI is InChI=1S/C15H11F3O4/c1-21-14-10(3-2-4-11(14)15(16,17)18)12-7-5-9(22-12)6-8-13(19)20/h2-8H,1H3,(H,19,20). The molecule has 0 saturated heterocycles. The molecular formula is C15H11F3O4. The zero-order valence-corrected chi connectivity index (χ0v) is 11.3. The van der Waals surface area contributed by atoms with Crippen LogP contribution >= 0.6 is 0 Å². The lowest BCUT2D eigenvalue weighted by Gasteiger charge is -2.14. The van der Waals surface area contributed by atoms with Crippen molar-refractivity contribution in [2.75, 3.05) is 7.11 Å². The first-order valence-electron chi connectivity index (χ1n) is 6.08. The van der Waals surface area contributed by atoms with Gasteiger partial charge in [0.1, 0.15) is 17.3 Å². The summed E-state index contributed by atoms with van der Waals surface area (Å²) in [6.07, 6.45) is -2.49. The molecule has 116 valence electrons. The average molecular weight is 312 g/mol. The largest absolute Gasteiger partial charge is 0.495 e. The number of carboxylic acids is 1. The van der Waals surface area contributed by atoms with E-state index < -0.39 is 17.7 Å². The van der Waals surface area contributed by atoms with Gasteiger partial charge in [-0.1, -0.05) is 6.07 Å². The molecule has 0 aliphatic heterocycles. The van der Waals surface area contributed by atoms with Crippen LogP contribution in [0.4, 0.5) is 13.2 Å². The van der Waals surface area contributed by atoms with Crippen LogP contribution in [-0.2, 0) is 11.0 Å². The van der Waals surface area contributed by atoms with Gasteiger partial charge in [0.05, 0.1) is 18.2 Å². The number of hydrogen-bond donors (Lipinski definition) is 1. The normalized spacial score (nSPS) is 11.8. The van der Waals surface area contributed by atoms with Crippen molar-refractivity contribution in [2.24, 2.45) is 0 Å². The number of hydrogen-bond acceptors (Lipinski definition) is 3. The molecule has 0 saturated carbocycles. The highest BCUT2D eigenvalue weighted by Gasteiger charge is 2.35. The van der Waals surface area contributed by atoms with Crippen molar-refractivity contribution in [2.45, 2.75) is 6.18 Å². The lowest BCUT2D eigenvalue weighted by molar-refractivity contribution is -0.138. The number of para-hydroxylation sites is 1. The Hall–Kier alpha value is -2.70. The molecule has 1 aromatic heterocycles. The van der Waals surface area contributed by atoms with Crippen molar-refractivity contribution in [1.29, 1.82) is 0 Å². The van der Waals surface area contributed by atoms with Crippen LogP contribution in [0.1, 0.15) is 11.3 Å². The van der Waals surface area contributed by atoms with E-state index >= 15 is 0 Å². The Morgan fingerprint density at radius 2 is 2.00 bits per heavy atom. The van der Waals surface area contributed by atoms with Gasteiger partial charge in [-0.05, 0) is 30.3 Å². The minimum Gasteiger partial charge on any atom is -0.495 e. The number of halogens is 3. The van der Waals surface area contributed by atoms with E-state index in [2.05, 4.69) is 0 Å². The first kappa shape index (κ1) is 15.7. The second-order valence-corrected chi connectivity index (χ2v) is 4.26. The summed E-state index contributed by atoms with van der Waals surface area (Å²) in [5.74, 6) is -1.16. The summed E-state index contributed by atoms with van der Waals surface area (Å²) >= 11 is 0. The maximum absolute atomic E-state index is 13.0. The van der Waals surface area contributed by atoms with Gasteiger partial charge in [-0.3, -0.25) is 0 Å². The number of rotatable bonds is 4. The Morgan fingerprint density at radius 3 is 2.59 bits per heavy atom. The maximum atomic E-state index is 13.0. The molecule has 1 heterocycles. The Balaban J connectivity index is 2.47. The molecule has 2 rings (SSSR count). The number of alkyl halides is 3. The summed E-state index contributed by atoms with van der Waals surface area (Å²) in [4.78, 5) is 10.4. The van der Waals surface area contributed by atoms with E-state index in [1.165, 1.54) is 30.3 Å². The molecule has 1 N–H and O–H groups in total. The van der Waals surface area contributed by atoms with Gasteiger partial charge in [0.25, 0.3) is 0 Å². The molecule has 0 unspecified atom stereocenters. The van der Waals surface area contributed by atoms with E-state index in [1.54, 1.807) is 0 Å². The molecule has 2 aromatic rings. The monoisotopic (exact) mass is 312 g/mol. The number of benzene rings is 1. The molecule has 22 heavy (non-hydrogen) atoms. The van der Waals surface area contributed by atoms with E-state index in [9.17, 15) is 18.0 Å². The van der Waals surface area contributed by atoms with Crippen molar-refractivity contribution < 1.29 is 32.2 Å². The summed E-state index contributed by atoms with van der Waals surface area (Å²) < 4.78 is 49.1. The number of aliphatic carboxylic acids is 1. The molecule has 1 aromatic carbocycles. The lowest BCUT2D eigenvalue weighted by Crippen LogP contribution is -2.08. The zero-order valence-electron chi connectivity index (χ0n) is 11.3. The van der Waals surface area contributed by atoms with Crippen LogP contribution in [0.15, 0.2) is 40.8 Å². The number of carboxylic acid groups (broad SMARTS) is 1. The molecule has 4 nitrogen and oxygen atoms in total. The van der Waals surface area contributed by atoms with Crippen LogP contribution in [0.3, 0.4) is 0 Å². The number of furan rings is 1. The zero-order chi connectivity index (χ0) is 16.3. The molecule has 0 fully saturated rings. The molecule has 0 aliphatic rings. The smallest absolute Gasteiger partial charge is 0.419 e. The predicted octanol–water partition coefficient (Wildman–Crippen LogP) is 4.07. The third-order valence-electron chi connectivity index (χ3n) is 2.81. The second-order valence-electron chi connectivity index (χ2n) is 4.26. The minimum absolute atomic E-state index is 0.132. The molecule has 0 radical (unpaired) electrons. The Bertz CT molecular complexity index is 714. The molecule has 0 aliphatic carbocycles. The van der Waals surface area contributed by atoms with Crippen molar-refractivity contribution in [1.82, 2.24) is 0 Å². The maximum Gasteiger partial charge on any atom is 0.419 e. The summed E-state index contributed by atoms with van der Waals surface area (Å²) in [7, 11) is 1.14. The van der Waals surface area contributed by atoms with Crippen molar-refractivity contribution in [3.05, 3.63) is 47.7 Å².